The highest BCUT2D eigenvalue weighted by atomic mass is 32.2. The topological polar surface area (TPSA) is 104 Å². The Morgan fingerprint density at radius 1 is 0.719 bits per heavy atom. The maximum Gasteiger partial charge on any atom is 0.264 e. The van der Waals surface area contributed by atoms with Gasteiger partial charge in [-0.15, -0.1) is 0 Å². The Morgan fingerprint density at radius 3 is 1.94 bits per heavy atom. The maximum absolute atomic E-state index is 12.9. The van der Waals surface area contributed by atoms with Gasteiger partial charge in [-0.2, -0.15) is 0 Å². The molecule has 3 rings (SSSR count). The summed E-state index contributed by atoms with van der Waals surface area (Å²) >= 11 is 0. The zero-order valence-electron chi connectivity index (χ0n) is 17.8. The first-order chi connectivity index (χ1) is 15.0. The fourth-order valence-electron chi connectivity index (χ4n) is 2.86. The van der Waals surface area contributed by atoms with Gasteiger partial charge in [-0.05, 0) is 54.6 Å². The largest absolute Gasteiger partial charge is 0.322 e. The molecule has 0 aromatic heterocycles. The predicted molar refractivity (Wildman–Crippen MR) is 124 cm³/mol. The lowest BCUT2D eigenvalue weighted by molar-refractivity contribution is 0.102. The molecular formula is C22H23N3O5S2. The lowest BCUT2D eigenvalue weighted by atomic mass is 10.2. The van der Waals surface area contributed by atoms with E-state index in [1.54, 1.807) is 36.4 Å². The number of para-hydroxylation sites is 1. The number of hydrogen-bond donors (Lipinski definition) is 1. The van der Waals surface area contributed by atoms with Crippen molar-refractivity contribution >= 4 is 37.3 Å². The summed E-state index contributed by atoms with van der Waals surface area (Å²) in [6.45, 7) is 0. The second kappa shape index (κ2) is 9.11. The van der Waals surface area contributed by atoms with Gasteiger partial charge in [0.25, 0.3) is 15.9 Å². The molecular weight excluding hydrogens is 450 g/mol. The van der Waals surface area contributed by atoms with Crippen molar-refractivity contribution in [3.8, 4) is 0 Å². The lowest BCUT2D eigenvalue weighted by Crippen LogP contribution is -2.26. The molecule has 0 aliphatic carbocycles. The molecule has 1 N–H and O–H groups in total. The van der Waals surface area contributed by atoms with Crippen LogP contribution in [0.5, 0.6) is 0 Å². The number of nitrogens with zero attached hydrogens (tertiary/aromatic N) is 2. The van der Waals surface area contributed by atoms with Crippen molar-refractivity contribution < 1.29 is 21.6 Å². The molecule has 0 bridgehead atoms. The van der Waals surface area contributed by atoms with Crippen molar-refractivity contribution in [2.24, 2.45) is 0 Å². The lowest BCUT2D eigenvalue weighted by Gasteiger charge is -2.19. The average molecular weight is 474 g/mol. The van der Waals surface area contributed by atoms with Gasteiger partial charge in [0.05, 0.1) is 15.5 Å². The van der Waals surface area contributed by atoms with Gasteiger partial charge in [0.1, 0.15) is 0 Å². The minimum atomic E-state index is -3.79. The molecule has 32 heavy (non-hydrogen) atoms. The molecule has 0 unspecified atom stereocenters. The number of anilines is 2. The monoisotopic (exact) mass is 473 g/mol. The van der Waals surface area contributed by atoms with Crippen LogP contribution in [0.3, 0.4) is 0 Å². The summed E-state index contributed by atoms with van der Waals surface area (Å²) in [6, 6.07) is 20.1. The van der Waals surface area contributed by atoms with E-state index >= 15 is 0 Å². The summed E-state index contributed by atoms with van der Waals surface area (Å²) in [5, 5.41) is 2.63. The first-order valence-corrected chi connectivity index (χ1v) is 12.4. The van der Waals surface area contributed by atoms with Crippen LogP contribution in [0.1, 0.15) is 10.4 Å². The van der Waals surface area contributed by atoms with E-state index in [1.165, 1.54) is 67.9 Å². The zero-order valence-corrected chi connectivity index (χ0v) is 19.4. The Morgan fingerprint density at radius 2 is 1.34 bits per heavy atom. The number of nitrogens with one attached hydrogen (secondary N) is 1. The van der Waals surface area contributed by atoms with Crippen molar-refractivity contribution in [1.29, 1.82) is 0 Å². The molecule has 0 radical (unpaired) electrons. The third kappa shape index (κ3) is 4.82. The number of benzene rings is 3. The van der Waals surface area contributed by atoms with Crippen LogP contribution in [0.4, 0.5) is 11.4 Å². The van der Waals surface area contributed by atoms with Crippen LogP contribution < -0.4 is 9.62 Å². The Balaban J connectivity index is 1.79. The number of hydrogen-bond acceptors (Lipinski definition) is 5. The normalized spacial score (nSPS) is 11.9. The first kappa shape index (κ1) is 23.5. The summed E-state index contributed by atoms with van der Waals surface area (Å²) in [4.78, 5) is 12.7. The van der Waals surface area contributed by atoms with E-state index in [9.17, 15) is 21.6 Å². The predicted octanol–water partition coefficient (Wildman–Crippen LogP) is 3.01. The van der Waals surface area contributed by atoms with Gasteiger partial charge < -0.3 is 5.32 Å². The third-order valence-corrected chi connectivity index (χ3v) is 8.38. The second-order valence-electron chi connectivity index (χ2n) is 7.10. The molecule has 0 saturated carbocycles. The van der Waals surface area contributed by atoms with Crippen molar-refractivity contribution in [2.45, 2.75) is 9.79 Å². The average Bonchev–Trinajstić information content (AvgIpc) is 2.79. The van der Waals surface area contributed by atoms with Crippen LogP contribution >= 0.6 is 0 Å². The standard InChI is InChI=1S/C22H23N3O5S2/c1-24(2)31(27,28)21-11-7-8-18(16-21)23-22(26)17-12-14-20(15-13-17)32(29,30)25(3)19-9-5-4-6-10-19/h4-16H,1-3H3,(H,23,26). The zero-order chi connectivity index (χ0) is 23.5. The van der Waals surface area contributed by atoms with E-state index in [0.29, 0.717) is 11.4 Å². The van der Waals surface area contributed by atoms with Crippen LogP contribution in [0.2, 0.25) is 0 Å². The molecule has 8 nitrogen and oxygen atoms in total. The van der Waals surface area contributed by atoms with Crippen LogP contribution in [-0.4, -0.2) is 48.2 Å². The fourth-order valence-corrected chi connectivity index (χ4v) is 5.01. The van der Waals surface area contributed by atoms with E-state index in [-0.39, 0.29) is 15.4 Å². The number of rotatable bonds is 7. The Hall–Kier alpha value is -3.21. The smallest absolute Gasteiger partial charge is 0.264 e. The molecule has 3 aromatic carbocycles. The van der Waals surface area contributed by atoms with E-state index in [2.05, 4.69) is 5.32 Å². The van der Waals surface area contributed by atoms with Crippen molar-refractivity contribution in [2.75, 3.05) is 30.8 Å². The Kier molecular flexibility index (Phi) is 6.68. The van der Waals surface area contributed by atoms with Gasteiger partial charge in [0, 0.05) is 32.4 Å². The van der Waals surface area contributed by atoms with Gasteiger partial charge in [0.2, 0.25) is 10.0 Å². The van der Waals surface area contributed by atoms with E-state index in [0.717, 1.165) is 4.31 Å². The molecule has 0 atom stereocenters. The molecule has 1 amide bonds. The van der Waals surface area contributed by atoms with Crippen molar-refractivity contribution in [3.05, 3.63) is 84.4 Å². The minimum absolute atomic E-state index is 0.0412. The number of amides is 1. The van der Waals surface area contributed by atoms with Crippen molar-refractivity contribution in [3.63, 3.8) is 0 Å². The van der Waals surface area contributed by atoms with Crippen LogP contribution in [-0.2, 0) is 20.0 Å². The molecule has 0 aliphatic rings. The molecule has 0 aliphatic heterocycles. The number of carbonyl (C=O) groups excluding carboxylic acids is 1. The quantitative estimate of drug-likeness (QED) is 0.568. The fraction of sp³-hybridized carbons (Fsp3) is 0.136. The van der Waals surface area contributed by atoms with Crippen LogP contribution in [0.15, 0.2) is 88.7 Å². The maximum atomic E-state index is 12.9. The molecule has 10 heteroatoms. The molecule has 3 aromatic rings. The van der Waals surface area contributed by atoms with Gasteiger partial charge in [-0.25, -0.2) is 21.1 Å². The summed E-state index contributed by atoms with van der Waals surface area (Å²) in [5.41, 5.74) is 1.05. The molecule has 0 saturated heterocycles. The Bertz CT molecular complexity index is 1320. The molecule has 168 valence electrons. The highest BCUT2D eigenvalue weighted by Crippen LogP contribution is 2.23. The van der Waals surface area contributed by atoms with E-state index < -0.39 is 26.0 Å². The highest BCUT2D eigenvalue weighted by Gasteiger charge is 2.22. The summed E-state index contributed by atoms with van der Waals surface area (Å²) in [6.07, 6.45) is 0. The summed E-state index contributed by atoms with van der Waals surface area (Å²) in [7, 11) is -3.13. The van der Waals surface area contributed by atoms with Crippen LogP contribution in [0, 0.1) is 0 Å². The summed E-state index contributed by atoms with van der Waals surface area (Å²) < 4.78 is 52.5. The Labute approximate surface area is 188 Å². The molecule has 0 fully saturated rings. The highest BCUT2D eigenvalue weighted by molar-refractivity contribution is 7.92. The molecule has 0 spiro atoms. The van der Waals surface area contributed by atoms with Gasteiger partial charge in [-0.3, -0.25) is 9.10 Å². The van der Waals surface area contributed by atoms with Crippen molar-refractivity contribution in [1.82, 2.24) is 4.31 Å². The number of sulfonamides is 2. The van der Waals surface area contributed by atoms with Gasteiger partial charge >= 0.3 is 0 Å². The SMILES string of the molecule is CN(C)S(=O)(=O)c1cccc(NC(=O)c2ccc(S(=O)(=O)N(C)c3ccccc3)cc2)c1. The van der Waals surface area contributed by atoms with Gasteiger partial charge in [-0.1, -0.05) is 24.3 Å². The first-order valence-electron chi connectivity index (χ1n) is 9.51. The van der Waals surface area contributed by atoms with Crippen LogP contribution in [0.25, 0.3) is 0 Å². The van der Waals surface area contributed by atoms with E-state index in [4.69, 9.17) is 0 Å². The minimum Gasteiger partial charge on any atom is -0.322 e. The molecule has 0 heterocycles. The second-order valence-corrected chi connectivity index (χ2v) is 11.2. The van der Waals surface area contributed by atoms with Gasteiger partial charge in [0.15, 0.2) is 0 Å². The summed E-state index contributed by atoms with van der Waals surface area (Å²) in [5.74, 6) is -0.496. The third-order valence-electron chi connectivity index (χ3n) is 4.77. The number of carbonyl (C=O) groups is 1. The van der Waals surface area contributed by atoms with E-state index in [1.807, 2.05) is 0 Å².